The Balaban J connectivity index is 1.53. The summed E-state index contributed by atoms with van der Waals surface area (Å²) < 4.78 is 2.20. The van der Waals surface area contributed by atoms with Crippen LogP contribution in [0.5, 0.6) is 0 Å². The van der Waals surface area contributed by atoms with E-state index in [1.807, 2.05) is 19.1 Å². The molecule has 0 unspecified atom stereocenters. The quantitative estimate of drug-likeness (QED) is 0.891. The van der Waals surface area contributed by atoms with Crippen molar-refractivity contribution < 1.29 is 4.79 Å². The largest absolute Gasteiger partial charge is 0.337 e. The number of carbonyl (C=O) groups excluding carboxylic acids is 1. The number of hydrogen-bond donors (Lipinski definition) is 2. The molecule has 128 valence electrons. The molecule has 1 aromatic carbocycles. The second-order valence-electron chi connectivity index (χ2n) is 6.06. The van der Waals surface area contributed by atoms with E-state index in [-0.39, 0.29) is 6.03 Å². The average Bonchev–Trinajstić information content (AvgIpc) is 2.79. The predicted molar refractivity (Wildman–Crippen MR) is 94.5 cm³/mol. The van der Waals surface area contributed by atoms with E-state index in [1.165, 1.54) is 12.8 Å². The highest BCUT2D eigenvalue weighted by atomic mass is 35.5. The predicted octanol–water partition coefficient (Wildman–Crippen LogP) is 3.33. The van der Waals surface area contributed by atoms with E-state index in [0.29, 0.717) is 23.7 Å². The van der Waals surface area contributed by atoms with Crippen molar-refractivity contribution in [1.29, 1.82) is 0 Å². The van der Waals surface area contributed by atoms with Gasteiger partial charge in [0.25, 0.3) is 0 Å². The highest BCUT2D eigenvalue weighted by Gasteiger charge is 2.14. The van der Waals surface area contributed by atoms with E-state index in [1.54, 1.807) is 6.07 Å². The number of halogens is 1. The molecule has 0 radical (unpaired) electrons. The van der Waals surface area contributed by atoms with E-state index in [2.05, 4.69) is 25.4 Å². The Morgan fingerprint density at radius 1 is 1.29 bits per heavy atom. The Bertz CT molecular complexity index is 708. The first-order chi connectivity index (χ1) is 11.6. The molecule has 1 aliphatic heterocycles. The summed E-state index contributed by atoms with van der Waals surface area (Å²) in [5.41, 5.74) is 1.58. The first-order valence-electron chi connectivity index (χ1n) is 8.36. The lowest BCUT2D eigenvalue weighted by Gasteiger charge is -2.11. The van der Waals surface area contributed by atoms with Gasteiger partial charge in [0, 0.05) is 25.9 Å². The van der Waals surface area contributed by atoms with Gasteiger partial charge < -0.3 is 15.2 Å². The van der Waals surface area contributed by atoms with Crippen LogP contribution >= 0.6 is 11.6 Å². The molecule has 2 N–H and O–H groups in total. The van der Waals surface area contributed by atoms with E-state index < -0.39 is 0 Å². The summed E-state index contributed by atoms with van der Waals surface area (Å²) in [4.78, 5) is 12.1. The van der Waals surface area contributed by atoms with Gasteiger partial charge in [-0.2, -0.15) is 0 Å². The first kappa shape index (κ1) is 16.8. The van der Waals surface area contributed by atoms with Gasteiger partial charge in [0.1, 0.15) is 11.6 Å². The topological polar surface area (TPSA) is 71.8 Å². The van der Waals surface area contributed by atoms with Crippen molar-refractivity contribution in [1.82, 2.24) is 20.1 Å². The lowest BCUT2D eigenvalue weighted by atomic mass is 10.2. The average molecular weight is 348 g/mol. The van der Waals surface area contributed by atoms with Gasteiger partial charge in [-0.1, -0.05) is 30.2 Å². The SMILES string of the molecule is Cc1cccc(Cl)c1NC(=O)NCCc1nnc2n1CCCCC2. The van der Waals surface area contributed by atoms with E-state index in [9.17, 15) is 4.79 Å². The molecule has 0 saturated heterocycles. The van der Waals surface area contributed by atoms with Gasteiger partial charge in [0.05, 0.1) is 10.7 Å². The second kappa shape index (κ2) is 7.66. The fourth-order valence-corrected chi connectivity index (χ4v) is 3.24. The molecule has 2 heterocycles. The Morgan fingerprint density at radius 3 is 3.00 bits per heavy atom. The Hall–Kier alpha value is -2.08. The number of nitrogens with one attached hydrogen (secondary N) is 2. The standard InChI is InChI=1S/C17H22ClN5O/c1-12-6-5-7-13(18)16(12)20-17(24)19-10-9-15-22-21-14-8-3-2-4-11-23(14)15/h5-7H,2-4,8-11H2,1H3,(H2,19,20,24). The number of urea groups is 1. The zero-order valence-corrected chi connectivity index (χ0v) is 14.6. The van der Waals surface area contributed by atoms with E-state index in [4.69, 9.17) is 11.6 Å². The minimum absolute atomic E-state index is 0.262. The second-order valence-corrected chi connectivity index (χ2v) is 6.46. The molecule has 0 fully saturated rings. The normalized spacial score (nSPS) is 13.9. The molecule has 6 nitrogen and oxygen atoms in total. The van der Waals surface area contributed by atoms with Crippen LogP contribution in [-0.4, -0.2) is 27.3 Å². The Morgan fingerprint density at radius 2 is 2.17 bits per heavy atom. The molecule has 0 spiro atoms. The monoisotopic (exact) mass is 347 g/mol. The molecular weight excluding hydrogens is 326 g/mol. The number of para-hydroxylation sites is 1. The molecule has 24 heavy (non-hydrogen) atoms. The molecule has 2 amide bonds. The third-order valence-corrected chi connectivity index (χ3v) is 4.60. The number of nitrogens with zero attached hydrogens (tertiary/aromatic N) is 3. The number of aromatic nitrogens is 3. The third-order valence-electron chi connectivity index (χ3n) is 4.28. The zero-order valence-electron chi connectivity index (χ0n) is 13.8. The number of amides is 2. The third kappa shape index (κ3) is 3.87. The molecule has 0 bridgehead atoms. The van der Waals surface area contributed by atoms with Crippen molar-refractivity contribution in [2.24, 2.45) is 0 Å². The number of aryl methyl sites for hydroxylation is 2. The number of rotatable bonds is 4. The first-order valence-corrected chi connectivity index (χ1v) is 8.74. The Labute approximate surface area is 146 Å². The van der Waals surface area contributed by atoms with E-state index >= 15 is 0 Å². The molecule has 1 aromatic heterocycles. The van der Waals surface area contributed by atoms with Gasteiger partial charge in [-0.25, -0.2) is 4.79 Å². The number of benzene rings is 1. The molecule has 0 atom stereocenters. The summed E-state index contributed by atoms with van der Waals surface area (Å²) >= 11 is 6.12. The fourth-order valence-electron chi connectivity index (χ4n) is 2.97. The number of hydrogen-bond acceptors (Lipinski definition) is 3. The fraction of sp³-hybridized carbons (Fsp3) is 0.471. The molecule has 0 aliphatic carbocycles. The van der Waals surface area contributed by atoms with Crippen molar-refractivity contribution in [3.8, 4) is 0 Å². The van der Waals surface area contributed by atoms with Crippen LogP contribution in [0.4, 0.5) is 10.5 Å². The molecule has 1 aliphatic rings. The van der Waals surface area contributed by atoms with Crippen molar-refractivity contribution in [2.75, 3.05) is 11.9 Å². The molecule has 0 saturated carbocycles. The van der Waals surface area contributed by atoms with Crippen LogP contribution in [0.1, 0.15) is 36.5 Å². The van der Waals surface area contributed by atoms with Gasteiger partial charge in [0.15, 0.2) is 0 Å². The van der Waals surface area contributed by atoms with E-state index in [0.717, 1.165) is 36.6 Å². The maximum atomic E-state index is 12.1. The highest BCUT2D eigenvalue weighted by Crippen LogP contribution is 2.24. The summed E-state index contributed by atoms with van der Waals surface area (Å²) in [5.74, 6) is 2.01. The van der Waals surface area contributed by atoms with Crippen LogP contribution in [0, 0.1) is 6.92 Å². The minimum Gasteiger partial charge on any atom is -0.337 e. The lowest BCUT2D eigenvalue weighted by Crippen LogP contribution is -2.31. The smallest absolute Gasteiger partial charge is 0.319 e. The summed E-state index contributed by atoms with van der Waals surface area (Å²) in [6.07, 6.45) is 5.24. The minimum atomic E-state index is -0.262. The molecule has 2 aromatic rings. The van der Waals surface area contributed by atoms with Crippen LogP contribution in [-0.2, 0) is 19.4 Å². The number of fused-ring (bicyclic) bond motifs is 1. The van der Waals surface area contributed by atoms with Crippen LogP contribution in [0.3, 0.4) is 0 Å². The zero-order chi connectivity index (χ0) is 16.9. The maximum Gasteiger partial charge on any atom is 0.319 e. The van der Waals surface area contributed by atoms with Crippen LogP contribution in [0.15, 0.2) is 18.2 Å². The van der Waals surface area contributed by atoms with Gasteiger partial charge >= 0.3 is 6.03 Å². The van der Waals surface area contributed by atoms with Gasteiger partial charge in [-0.3, -0.25) is 0 Å². The maximum absolute atomic E-state index is 12.1. The summed E-state index contributed by atoms with van der Waals surface area (Å²) in [6, 6.07) is 5.27. The molecule has 7 heteroatoms. The summed E-state index contributed by atoms with van der Waals surface area (Å²) in [6.45, 7) is 3.39. The van der Waals surface area contributed by atoms with Crippen LogP contribution in [0.2, 0.25) is 5.02 Å². The van der Waals surface area contributed by atoms with Crippen LogP contribution < -0.4 is 10.6 Å². The van der Waals surface area contributed by atoms with Crippen LogP contribution in [0.25, 0.3) is 0 Å². The van der Waals surface area contributed by atoms with Crippen molar-refractivity contribution in [2.45, 2.75) is 45.6 Å². The van der Waals surface area contributed by atoms with Crippen molar-refractivity contribution in [3.05, 3.63) is 40.4 Å². The lowest BCUT2D eigenvalue weighted by molar-refractivity contribution is 0.252. The Kier molecular flexibility index (Phi) is 5.35. The summed E-state index contributed by atoms with van der Waals surface area (Å²) in [7, 11) is 0. The van der Waals surface area contributed by atoms with Gasteiger partial charge in [-0.05, 0) is 31.4 Å². The summed E-state index contributed by atoms with van der Waals surface area (Å²) in [5, 5.41) is 14.7. The molecule has 3 rings (SSSR count). The van der Waals surface area contributed by atoms with Gasteiger partial charge in [0.2, 0.25) is 0 Å². The molecular formula is C17H22ClN5O. The number of carbonyl (C=O) groups is 1. The van der Waals surface area contributed by atoms with Crippen molar-refractivity contribution in [3.63, 3.8) is 0 Å². The number of anilines is 1. The van der Waals surface area contributed by atoms with Crippen molar-refractivity contribution >= 4 is 23.3 Å². The van der Waals surface area contributed by atoms with Gasteiger partial charge in [-0.15, -0.1) is 10.2 Å². The highest BCUT2D eigenvalue weighted by molar-refractivity contribution is 6.33.